The van der Waals surface area contributed by atoms with Gasteiger partial charge in [0.05, 0.1) is 14.5 Å². The minimum atomic E-state index is 0.0194. The number of hydrogen-bond donors (Lipinski definition) is 1. The first-order valence-electron chi connectivity index (χ1n) is 5.75. The van der Waals surface area contributed by atoms with Crippen LogP contribution in [0.3, 0.4) is 0 Å². The Balaban J connectivity index is 2.42. The van der Waals surface area contributed by atoms with Gasteiger partial charge in [0.1, 0.15) is 6.04 Å². The van der Waals surface area contributed by atoms with Crippen molar-refractivity contribution in [2.45, 2.75) is 32.4 Å². The highest BCUT2D eigenvalue weighted by molar-refractivity contribution is 9.11. The highest BCUT2D eigenvalue weighted by Crippen LogP contribution is 2.32. The number of halogens is 2. The van der Waals surface area contributed by atoms with Crippen LogP contribution >= 0.6 is 38.9 Å². The predicted octanol–water partition coefficient (Wildman–Crippen LogP) is 4.00. The molecule has 98 valence electrons. The summed E-state index contributed by atoms with van der Waals surface area (Å²) in [5, 5.41) is 5.14. The van der Waals surface area contributed by atoms with Crippen LogP contribution in [0.4, 0.5) is 0 Å². The SMILES string of the molecule is CCC(N)C(c1ccc(Br)s1)n1cc(Cl)c(C)n1. The summed E-state index contributed by atoms with van der Waals surface area (Å²) in [7, 11) is 0. The van der Waals surface area contributed by atoms with E-state index in [1.54, 1.807) is 11.3 Å². The molecule has 2 heterocycles. The molecule has 0 bridgehead atoms. The number of thiophene rings is 1. The summed E-state index contributed by atoms with van der Waals surface area (Å²) in [6, 6.07) is 4.18. The quantitative estimate of drug-likeness (QED) is 0.907. The Morgan fingerprint density at radius 2 is 2.28 bits per heavy atom. The van der Waals surface area contributed by atoms with Gasteiger partial charge < -0.3 is 5.73 Å². The molecule has 0 aliphatic carbocycles. The van der Waals surface area contributed by atoms with Gasteiger partial charge in [-0.3, -0.25) is 4.68 Å². The molecule has 0 aliphatic rings. The molecule has 0 radical (unpaired) electrons. The Morgan fingerprint density at radius 1 is 1.56 bits per heavy atom. The normalized spacial score (nSPS) is 14.7. The molecule has 0 spiro atoms. The van der Waals surface area contributed by atoms with E-state index in [-0.39, 0.29) is 12.1 Å². The molecule has 2 atom stereocenters. The minimum Gasteiger partial charge on any atom is -0.326 e. The summed E-state index contributed by atoms with van der Waals surface area (Å²) in [5.74, 6) is 0. The third-order valence-electron chi connectivity index (χ3n) is 2.90. The predicted molar refractivity (Wildman–Crippen MR) is 80.4 cm³/mol. The van der Waals surface area contributed by atoms with Crippen LogP contribution in [0, 0.1) is 6.92 Å². The topological polar surface area (TPSA) is 43.8 Å². The van der Waals surface area contributed by atoms with E-state index in [1.165, 1.54) is 4.88 Å². The third-order valence-corrected chi connectivity index (χ3v) is 4.97. The van der Waals surface area contributed by atoms with Crippen LogP contribution in [0.5, 0.6) is 0 Å². The Labute approximate surface area is 124 Å². The van der Waals surface area contributed by atoms with E-state index in [4.69, 9.17) is 17.3 Å². The van der Waals surface area contributed by atoms with Gasteiger partial charge in [0.2, 0.25) is 0 Å². The first-order chi connectivity index (χ1) is 8.52. The lowest BCUT2D eigenvalue weighted by Crippen LogP contribution is -2.32. The van der Waals surface area contributed by atoms with Gasteiger partial charge >= 0.3 is 0 Å². The molecule has 6 heteroatoms. The molecule has 0 saturated carbocycles. The summed E-state index contributed by atoms with van der Waals surface area (Å²) >= 11 is 11.3. The van der Waals surface area contributed by atoms with Gasteiger partial charge in [0, 0.05) is 17.1 Å². The van der Waals surface area contributed by atoms with Gasteiger partial charge in [-0.25, -0.2) is 0 Å². The molecule has 3 nitrogen and oxygen atoms in total. The largest absolute Gasteiger partial charge is 0.326 e. The molecule has 2 unspecified atom stereocenters. The van der Waals surface area contributed by atoms with Crippen LogP contribution in [0.1, 0.15) is 30.0 Å². The van der Waals surface area contributed by atoms with E-state index in [9.17, 15) is 0 Å². The number of nitrogens with zero attached hydrogens (tertiary/aromatic N) is 2. The molecule has 18 heavy (non-hydrogen) atoms. The number of nitrogens with two attached hydrogens (primary N) is 1. The Morgan fingerprint density at radius 3 is 2.72 bits per heavy atom. The lowest BCUT2D eigenvalue weighted by molar-refractivity contribution is 0.428. The van der Waals surface area contributed by atoms with E-state index in [0.717, 1.165) is 15.9 Å². The molecule has 2 aromatic heterocycles. The maximum atomic E-state index is 6.24. The Bertz CT molecular complexity index is 518. The van der Waals surface area contributed by atoms with Gasteiger partial charge in [-0.1, -0.05) is 18.5 Å². The standard InChI is InChI=1S/C12H15BrClN3S/c1-3-9(15)12(10-4-5-11(13)18-10)17-6-8(14)7(2)16-17/h4-6,9,12H,3,15H2,1-2H3. The number of aromatic nitrogens is 2. The van der Waals surface area contributed by atoms with Crippen molar-refractivity contribution in [3.05, 3.63) is 37.7 Å². The second-order valence-electron chi connectivity index (χ2n) is 4.20. The fourth-order valence-electron chi connectivity index (χ4n) is 1.85. The fourth-order valence-corrected chi connectivity index (χ4v) is 3.58. The summed E-state index contributed by atoms with van der Waals surface area (Å²) in [6.45, 7) is 3.98. The molecule has 0 aliphatic heterocycles. The van der Waals surface area contributed by atoms with Crippen LogP contribution in [-0.4, -0.2) is 15.8 Å². The van der Waals surface area contributed by atoms with E-state index in [1.807, 2.05) is 23.9 Å². The van der Waals surface area contributed by atoms with Crippen LogP contribution in [-0.2, 0) is 0 Å². The van der Waals surface area contributed by atoms with Gasteiger partial charge in [0.15, 0.2) is 0 Å². The van der Waals surface area contributed by atoms with Crippen molar-refractivity contribution in [2.75, 3.05) is 0 Å². The molecule has 2 rings (SSSR count). The summed E-state index contributed by atoms with van der Waals surface area (Å²) in [5.41, 5.74) is 7.07. The highest BCUT2D eigenvalue weighted by atomic mass is 79.9. The molecular formula is C12H15BrClN3S. The first-order valence-corrected chi connectivity index (χ1v) is 7.73. The van der Waals surface area contributed by atoms with Crippen molar-refractivity contribution in [3.63, 3.8) is 0 Å². The lowest BCUT2D eigenvalue weighted by Gasteiger charge is -2.22. The molecule has 0 amide bonds. The zero-order chi connectivity index (χ0) is 13.3. The first kappa shape index (κ1) is 14.1. The summed E-state index contributed by atoms with van der Waals surface area (Å²) in [6.07, 6.45) is 2.74. The molecular weight excluding hydrogens is 334 g/mol. The van der Waals surface area contributed by atoms with Gasteiger partial charge in [0.25, 0.3) is 0 Å². The van der Waals surface area contributed by atoms with Crippen molar-refractivity contribution in [3.8, 4) is 0 Å². The minimum absolute atomic E-state index is 0.0194. The van der Waals surface area contributed by atoms with E-state index >= 15 is 0 Å². The average molecular weight is 349 g/mol. The third kappa shape index (κ3) is 2.79. The van der Waals surface area contributed by atoms with Crippen molar-refractivity contribution in [1.82, 2.24) is 9.78 Å². The van der Waals surface area contributed by atoms with Gasteiger partial charge in [-0.05, 0) is 41.4 Å². The van der Waals surface area contributed by atoms with Crippen molar-refractivity contribution in [1.29, 1.82) is 0 Å². The Kier molecular flexibility index (Phi) is 4.48. The monoisotopic (exact) mass is 347 g/mol. The second kappa shape index (κ2) is 5.74. The summed E-state index contributed by atoms with van der Waals surface area (Å²) < 4.78 is 2.98. The number of hydrogen-bond acceptors (Lipinski definition) is 3. The maximum Gasteiger partial charge on any atom is 0.101 e. The van der Waals surface area contributed by atoms with Crippen molar-refractivity contribution >= 4 is 38.9 Å². The van der Waals surface area contributed by atoms with Gasteiger partial charge in [-0.2, -0.15) is 5.10 Å². The average Bonchev–Trinajstić information content (AvgIpc) is 2.87. The van der Waals surface area contributed by atoms with E-state index in [2.05, 4.69) is 34.0 Å². The lowest BCUT2D eigenvalue weighted by atomic mass is 10.1. The van der Waals surface area contributed by atoms with Crippen LogP contribution < -0.4 is 5.73 Å². The van der Waals surface area contributed by atoms with Crippen LogP contribution in [0.15, 0.2) is 22.1 Å². The van der Waals surface area contributed by atoms with E-state index in [0.29, 0.717) is 5.02 Å². The van der Waals surface area contributed by atoms with Crippen LogP contribution in [0.2, 0.25) is 5.02 Å². The number of rotatable bonds is 4. The Hall–Kier alpha value is -0.360. The molecule has 2 N–H and O–H groups in total. The maximum absolute atomic E-state index is 6.24. The smallest absolute Gasteiger partial charge is 0.101 e. The molecule has 0 fully saturated rings. The second-order valence-corrected chi connectivity index (χ2v) is 7.10. The van der Waals surface area contributed by atoms with Crippen molar-refractivity contribution < 1.29 is 0 Å². The van der Waals surface area contributed by atoms with Gasteiger partial charge in [-0.15, -0.1) is 11.3 Å². The number of aryl methyl sites for hydroxylation is 1. The summed E-state index contributed by atoms with van der Waals surface area (Å²) in [4.78, 5) is 1.19. The highest BCUT2D eigenvalue weighted by Gasteiger charge is 2.23. The van der Waals surface area contributed by atoms with Crippen LogP contribution in [0.25, 0.3) is 0 Å². The fraction of sp³-hybridized carbons (Fsp3) is 0.417. The zero-order valence-electron chi connectivity index (χ0n) is 10.2. The molecule has 0 aromatic carbocycles. The molecule has 0 saturated heterocycles. The van der Waals surface area contributed by atoms with Crippen molar-refractivity contribution in [2.24, 2.45) is 5.73 Å². The zero-order valence-corrected chi connectivity index (χ0v) is 13.4. The van der Waals surface area contributed by atoms with E-state index < -0.39 is 0 Å². The molecule has 2 aromatic rings.